The molecule has 1 unspecified atom stereocenters. The van der Waals surface area contributed by atoms with Crippen molar-refractivity contribution in [2.24, 2.45) is 11.8 Å². The van der Waals surface area contributed by atoms with Crippen LogP contribution in [-0.4, -0.2) is 31.7 Å². The van der Waals surface area contributed by atoms with Crippen LogP contribution in [0, 0.1) is 11.8 Å². The van der Waals surface area contributed by atoms with E-state index in [1.54, 1.807) is 0 Å². The van der Waals surface area contributed by atoms with Crippen LogP contribution in [-0.2, 0) is 0 Å². The molecule has 0 radical (unpaired) electrons. The first kappa shape index (κ1) is 12.2. The zero-order chi connectivity index (χ0) is 8.48. The highest BCUT2D eigenvalue weighted by atomic mass is 35.5. The smallest absolute Gasteiger partial charge is 0.0815 e. The summed E-state index contributed by atoms with van der Waals surface area (Å²) < 4.78 is 1.25. The van der Waals surface area contributed by atoms with Crippen molar-refractivity contribution >= 4 is 0 Å². The minimum Gasteiger partial charge on any atom is -1.00 e. The van der Waals surface area contributed by atoms with Gasteiger partial charge in [-0.1, -0.05) is 13.8 Å². The summed E-state index contributed by atoms with van der Waals surface area (Å²) in [6, 6.07) is 0. The molecule has 0 bridgehead atoms. The van der Waals surface area contributed by atoms with Gasteiger partial charge in [0.25, 0.3) is 0 Å². The van der Waals surface area contributed by atoms with Crippen molar-refractivity contribution in [3.05, 3.63) is 0 Å². The number of nitrogens with zero attached hydrogens (tertiary/aromatic N) is 1. The molecule has 0 aromatic carbocycles. The minimum atomic E-state index is 0. The summed E-state index contributed by atoms with van der Waals surface area (Å²) in [6.07, 6.45) is 2.75. The van der Waals surface area contributed by atoms with Gasteiger partial charge in [-0.3, -0.25) is 0 Å². The second-order valence-electron chi connectivity index (χ2n) is 4.64. The van der Waals surface area contributed by atoms with Gasteiger partial charge in [-0.05, 0) is 12.8 Å². The van der Waals surface area contributed by atoms with Crippen LogP contribution in [0.15, 0.2) is 0 Å². The largest absolute Gasteiger partial charge is 1.00 e. The molecule has 0 N–H and O–H groups in total. The van der Waals surface area contributed by atoms with E-state index in [9.17, 15) is 0 Å². The van der Waals surface area contributed by atoms with Gasteiger partial charge in [-0.25, -0.2) is 0 Å². The molecule has 74 valence electrons. The second-order valence-corrected chi connectivity index (χ2v) is 4.64. The van der Waals surface area contributed by atoms with Gasteiger partial charge in [0.1, 0.15) is 0 Å². The first-order chi connectivity index (χ1) is 5.09. The molecule has 0 aliphatic carbocycles. The summed E-state index contributed by atoms with van der Waals surface area (Å²) in [5.74, 6) is 1.99. The van der Waals surface area contributed by atoms with Gasteiger partial charge < -0.3 is 16.9 Å². The fraction of sp³-hybridized carbons (Fsp3) is 1.00. The number of hydrogen-bond donors (Lipinski definition) is 0. The standard InChI is InChI=1S/C10H22N.ClH/c1-5-9-7-11(3,4)8-10(9)6-2;/h9-10H,5-8H2,1-4H3;1H/q+1;/p-1/t9-,10?;/m0./s1. The number of likely N-dealkylation sites (tertiary alicyclic amines) is 1. The van der Waals surface area contributed by atoms with Crippen LogP contribution in [0.5, 0.6) is 0 Å². The Bertz CT molecular complexity index is 120. The lowest BCUT2D eigenvalue weighted by Crippen LogP contribution is -3.00. The van der Waals surface area contributed by atoms with Crippen molar-refractivity contribution in [2.45, 2.75) is 26.7 Å². The molecule has 1 saturated heterocycles. The third-order valence-electron chi connectivity index (χ3n) is 3.17. The highest BCUT2D eigenvalue weighted by molar-refractivity contribution is 4.73. The van der Waals surface area contributed by atoms with Gasteiger partial charge in [0.15, 0.2) is 0 Å². The van der Waals surface area contributed by atoms with Crippen LogP contribution in [0.1, 0.15) is 26.7 Å². The van der Waals surface area contributed by atoms with Gasteiger partial charge in [-0.2, -0.15) is 0 Å². The number of hydrogen-bond acceptors (Lipinski definition) is 0. The Morgan fingerprint density at radius 2 is 1.33 bits per heavy atom. The maximum atomic E-state index is 2.36. The Hall–Kier alpha value is 0.250. The first-order valence-electron chi connectivity index (χ1n) is 4.91. The van der Waals surface area contributed by atoms with E-state index in [4.69, 9.17) is 0 Å². The molecule has 1 rings (SSSR count). The van der Waals surface area contributed by atoms with Crippen LogP contribution >= 0.6 is 0 Å². The molecule has 0 aromatic heterocycles. The van der Waals surface area contributed by atoms with E-state index < -0.39 is 0 Å². The molecule has 12 heavy (non-hydrogen) atoms. The summed E-state index contributed by atoms with van der Waals surface area (Å²) >= 11 is 0. The zero-order valence-electron chi connectivity index (χ0n) is 8.81. The van der Waals surface area contributed by atoms with E-state index >= 15 is 0 Å². The summed E-state index contributed by atoms with van der Waals surface area (Å²) in [5.41, 5.74) is 0. The average molecular weight is 192 g/mol. The van der Waals surface area contributed by atoms with Gasteiger partial charge >= 0.3 is 0 Å². The lowest BCUT2D eigenvalue weighted by molar-refractivity contribution is -0.880. The van der Waals surface area contributed by atoms with Gasteiger partial charge in [0.05, 0.1) is 27.2 Å². The minimum absolute atomic E-state index is 0. The third-order valence-corrected chi connectivity index (χ3v) is 3.17. The molecule has 2 heteroatoms. The highest BCUT2D eigenvalue weighted by Crippen LogP contribution is 2.30. The predicted octanol–water partition coefficient (Wildman–Crippen LogP) is -0.867. The van der Waals surface area contributed by atoms with Gasteiger partial charge in [0.2, 0.25) is 0 Å². The Balaban J connectivity index is 0.00000121. The molecule has 1 fully saturated rings. The van der Waals surface area contributed by atoms with Crippen molar-refractivity contribution in [3.63, 3.8) is 0 Å². The molecule has 1 aliphatic heterocycles. The van der Waals surface area contributed by atoms with Crippen LogP contribution in [0.2, 0.25) is 0 Å². The predicted molar refractivity (Wildman–Crippen MR) is 49.4 cm³/mol. The molecule has 0 spiro atoms. The third kappa shape index (κ3) is 2.63. The van der Waals surface area contributed by atoms with E-state index in [1.807, 2.05) is 0 Å². The Morgan fingerprint density at radius 1 is 1.00 bits per heavy atom. The molecule has 1 nitrogen and oxygen atoms in total. The fourth-order valence-corrected chi connectivity index (χ4v) is 2.57. The number of quaternary nitrogens is 1. The fourth-order valence-electron chi connectivity index (χ4n) is 2.57. The molecular weight excluding hydrogens is 170 g/mol. The van der Waals surface area contributed by atoms with Crippen LogP contribution in [0.25, 0.3) is 0 Å². The van der Waals surface area contributed by atoms with Crippen molar-refractivity contribution in [2.75, 3.05) is 27.2 Å². The summed E-state index contributed by atoms with van der Waals surface area (Å²) in [4.78, 5) is 0. The maximum absolute atomic E-state index is 2.36. The van der Waals surface area contributed by atoms with Gasteiger partial charge in [0, 0.05) is 11.8 Å². The molecule has 0 amide bonds. The van der Waals surface area contributed by atoms with Crippen molar-refractivity contribution < 1.29 is 16.9 Å². The van der Waals surface area contributed by atoms with E-state index in [-0.39, 0.29) is 12.4 Å². The van der Waals surface area contributed by atoms with E-state index in [1.165, 1.54) is 30.4 Å². The number of halogens is 1. The van der Waals surface area contributed by atoms with Crippen LogP contribution in [0.3, 0.4) is 0 Å². The van der Waals surface area contributed by atoms with Crippen LogP contribution < -0.4 is 12.4 Å². The van der Waals surface area contributed by atoms with Crippen molar-refractivity contribution in [3.8, 4) is 0 Å². The number of rotatable bonds is 2. The molecule has 0 saturated carbocycles. The van der Waals surface area contributed by atoms with Crippen molar-refractivity contribution in [1.29, 1.82) is 0 Å². The molecule has 1 heterocycles. The van der Waals surface area contributed by atoms with E-state index in [0.29, 0.717) is 0 Å². The quantitative estimate of drug-likeness (QED) is 0.499. The monoisotopic (exact) mass is 191 g/mol. The van der Waals surface area contributed by atoms with Gasteiger partial charge in [-0.15, -0.1) is 0 Å². The van der Waals surface area contributed by atoms with E-state index in [0.717, 1.165) is 11.8 Å². The Kier molecular flexibility index (Phi) is 4.57. The lowest BCUT2D eigenvalue weighted by Gasteiger charge is -2.23. The molecule has 2 atom stereocenters. The summed E-state index contributed by atoms with van der Waals surface area (Å²) in [6.45, 7) is 7.46. The zero-order valence-corrected chi connectivity index (χ0v) is 9.56. The highest BCUT2D eigenvalue weighted by Gasteiger charge is 2.37. The van der Waals surface area contributed by atoms with Crippen LogP contribution in [0.4, 0.5) is 0 Å². The Morgan fingerprint density at radius 3 is 1.58 bits per heavy atom. The Labute approximate surface area is 83.1 Å². The first-order valence-corrected chi connectivity index (χ1v) is 4.91. The normalized spacial score (nSPS) is 33.0. The molecular formula is C10H22ClN. The lowest BCUT2D eigenvalue weighted by atomic mass is 9.92. The SMILES string of the molecule is CCC1C[N+](C)(C)C[C@@H]1CC.[Cl-]. The summed E-state index contributed by atoms with van der Waals surface area (Å²) in [7, 11) is 4.72. The topological polar surface area (TPSA) is 0 Å². The second kappa shape index (κ2) is 4.48. The maximum Gasteiger partial charge on any atom is 0.0815 e. The molecule has 1 aliphatic rings. The summed E-state index contributed by atoms with van der Waals surface area (Å²) in [5, 5.41) is 0. The van der Waals surface area contributed by atoms with Crippen molar-refractivity contribution in [1.82, 2.24) is 0 Å². The van der Waals surface area contributed by atoms with E-state index in [2.05, 4.69) is 27.9 Å². The average Bonchev–Trinajstić information content (AvgIpc) is 2.25. The molecule has 0 aromatic rings.